The molecular weight excluding hydrogens is 448 g/mol. The van der Waals surface area contributed by atoms with Crippen LogP contribution in [-0.2, 0) is 19.1 Å². The Morgan fingerprint density at radius 2 is 1.60 bits per heavy atom. The molecule has 1 aliphatic heterocycles. The summed E-state index contributed by atoms with van der Waals surface area (Å²) in [4.78, 5) is 39.2. The van der Waals surface area contributed by atoms with Crippen molar-refractivity contribution in [2.24, 2.45) is 11.3 Å². The molecule has 0 spiro atoms. The first-order valence-electron chi connectivity index (χ1n) is 11.8. The Labute approximate surface area is 205 Å². The molecule has 3 atom stereocenters. The number of carbonyl (C=O) groups is 3. The molecule has 8 heteroatoms. The molecule has 2 N–H and O–H groups in total. The average molecular weight is 481 g/mol. The van der Waals surface area contributed by atoms with Gasteiger partial charge in [0, 0.05) is 26.1 Å². The van der Waals surface area contributed by atoms with Crippen LogP contribution in [-0.4, -0.2) is 66.9 Å². The van der Waals surface area contributed by atoms with Crippen LogP contribution >= 0.6 is 0 Å². The predicted octanol–water partition coefficient (Wildman–Crippen LogP) is 3.50. The molecule has 1 saturated heterocycles. The van der Waals surface area contributed by atoms with Gasteiger partial charge < -0.3 is 24.8 Å². The van der Waals surface area contributed by atoms with E-state index in [1.807, 2.05) is 57.2 Å². The second kappa shape index (κ2) is 9.70. The normalized spacial score (nSPS) is 20.2. The van der Waals surface area contributed by atoms with Crippen LogP contribution < -0.4 is 5.32 Å². The van der Waals surface area contributed by atoms with E-state index in [0.717, 1.165) is 22.3 Å². The fourth-order valence-corrected chi connectivity index (χ4v) is 5.02. The Hall–Kier alpha value is -3.39. The summed E-state index contributed by atoms with van der Waals surface area (Å²) in [6, 6.07) is 15.3. The summed E-state index contributed by atoms with van der Waals surface area (Å²) in [5.41, 5.74) is 3.86. The van der Waals surface area contributed by atoms with Gasteiger partial charge in [-0.3, -0.25) is 9.59 Å². The number of nitrogens with zero attached hydrogens (tertiary/aromatic N) is 1. The van der Waals surface area contributed by atoms with Crippen molar-refractivity contribution in [2.75, 3.05) is 26.8 Å². The zero-order valence-electron chi connectivity index (χ0n) is 20.5. The molecule has 0 bridgehead atoms. The van der Waals surface area contributed by atoms with Crippen LogP contribution in [0.4, 0.5) is 4.79 Å². The van der Waals surface area contributed by atoms with Gasteiger partial charge in [-0.05, 0) is 27.7 Å². The first kappa shape index (κ1) is 24.7. The van der Waals surface area contributed by atoms with E-state index < -0.39 is 35.5 Å². The molecule has 2 unspecified atom stereocenters. The number of rotatable bonds is 6. The van der Waals surface area contributed by atoms with Crippen molar-refractivity contribution < 1.29 is 29.0 Å². The van der Waals surface area contributed by atoms with E-state index in [1.54, 1.807) is 0 Å². The van der Waals surface area contributed by atoms with Gasteiger partial charge in [0.2, 0.25) is 5.91 Å². The number of nitrogens with one attached hydrogen (secondary N) is 1. The fourth-order valence-electron chi connectivity index (χ4n) is 5.02. The Bertz CT molecular complexity index is 1080. The highest BCUT2D eigenvalue weighted by atomic mass is 16.5. The number of hydrogen-bond acceptors (Lipinski definition) is 5. The summed E-state index contributed by atoms with van der Waals surface area (Å²) in [5, 5.41) is 12.2. The topological polar surface area (TPSA) is 105 Å². The molecule has 2 aliphatic rings. The number of carboxylic acid groups (broad SMARTS) is 1. The summed E-state index contributed by atoms with van der Waals surface area (Å²) < 4.78 is 10.9. The molecule has 2 aromatic rings. The van der Waals surface area contributed by atoms with Gasteiger partial charge in [0.25, 0.3) is 0 Å². The van der Waals surface area contributed by atoms with Gasteiger partial charge in [-0.25, -0.2) is 4.79 Å². The van der Waals surface area contributed by atoms with Crippen LogP contribution in [0.5, 0.6) is 0 Å². The highest BCUT2D eigenvalue weighted by Gasteiger charge is 2.44. The summed E-state index contributed by atoms with van der Waals surface area (Å²) in [6.07, 6.45) is -1.27. The number of benzene rings is 2. The van der Waals surface area contributed by atoms with Crippen molar-refractivity contribution in [1.29, 1.82) is 0 Å². The number of likely N-dealkylation sites (tertiary alicyclic amines) is 1. The first-order chi connectivity index (χ1) is 16.6. The lowest BCUT2D eigenvalue weighted by Gasteiger charge is -2.33. The van der Waals surface area contributed by atoms with E-state index in [9.17, 15) is 19.5 Å². The molecule has 0 saturated carbocycles. The van der Waals surface area contributed by atoms with Crippen LogP contribution in [0, 0.1) is 11.3 Å². The molecule has 2 aromatic carbocycles. The molecule has 0 radical (unpaired) electrons. The molecule has 0 aromatic heterocycles. The number of methoxy groups -OCH3 is 1. The van der Waals surface area contributed by atoms with Gasteiger partial charge in [0.1, 0.15) is 18.6 Å². The summed E-state index contributed by atoms with van der Waals surface area (Å²) in [6.45, 7) is 5.87. The molecule has 1 heterocycles. The monoisotopic (exact) mass is 480 g/mol. The summed E-state index contributed by atoms with van der Waals surface area (Å²) in [7, 11) is 1.44. The zero-order chi connectivity index (χ0) is 25.3. The molecular formula is C27H32N2O6. The maximum Gasteiger partial charge on any atom is 0.407 e. The molecule has 1 fully saturated rings. The van der Waals surface area contributed by atoms with Gasteiger partial charge in [0.05, 0.1) is 6.10 Å². The lowest BCUT2D eigenvalue weighted by atomic mass is 9.86. The third kappa shape index (κ3) is 4.89. The van der Waals surface area contributed by atoms with E-state index in [0.29, 0.717) is 0 Å². The predicted molar refractivity (Wildman–Crippen MR) is 130 cm³/mol. The van der Waals surface area contributed by atoms with Gasteiger partial charge in [-0.2, -0.15) is 0 Å². The molecule has 8 nitrogen and oxygen atoms in total. The number of carboxylic acids is 1. The second-order valence-corrected chi connectivity index (χ2v) is 10.2. The van der Waals surface area contributed by atoms with Crippen molar-refractivity contribution in [3.8, 4) is 11.1 Å². The van der Waals surface area contributed by atoms with Crippen LogP contribution in [0.1, 0.15) is 37.8 Å². The number of aliphatic carboxylic acids is 1. The number of hydrogen-bond donors (Lipinski definition) is 2. The van der Waals surface area contributed by atoms with Gasteiger partial charge in [-0.15, -0.1) is 0 Å². The summed E-state index contributed by atoms with van der Waals surface area (Å²) >= 11 is 0. The highest BCUT2D eigenvalue weighted by molar-refractivity contribution is 5.87. The maximum absolute atomic E-state index is 13.4. The van der Waals surface area contributed by atoms with Gasteiger partial charge in [-0.1, -0.05) is 69.3 Å². The van der Waals surface area contributed by atoms with Crippen molar-refractivity contribution in [3.05, 3.63) is 59.7 Å². The van der Waals surface area contributed by atoms with E-state index in [2.05, 4.69) is 17.4 Å². The lowest BCUT2D eigenvalue weighted by molar-refractivity contribution is -0.144. The SMILES string of the molecule is COC1CN(C(=O)[C@H](NC(=O)OCC2c3ccccc3-c3ccccc32)C(C)(C)C)CC1C(=O)O. The fraction of sp³-hybridized carbons (Fsp3) is 0.444. The number of alkyl carbamates (subject to hydrolysis) is 1. The lowest BCUT2D eigenvalue weighted by Crippen LogP contribution is -2.54. The molecule has 2 amide bonds. The van der Waals surface area contributed by atoms with Crippen LogP contribution in [0.3, 0.4) is 0 Å². The molecule has 35 heavy (non-hydrogen) atoms. The number of fused-ring (bicyclic) bond motifs is 3. The quantitative estimate of drug-likeness (QED) is 0.656. The minimum absolute atomic E-state index is 0.0334. The average Bonchev–Trinajstić information content (AvgIpc) is 3.40. The van der Waals surface area contributed by atoms with Gasteiger partial charge in [0.15, 0.2) is 0 Å². The summed E-state index contributed by atoms with van der Waals surface area (Å²) in [5.74, 6) is -2.26. The number of ether oxygens (including phenoxy) is 2. The van der Waals surface area contributed by atoms with E-state index >= 15 is 0 Å². The number of carbonyl (C=O) groups excluding carboxylic acids is 2. The Balaban J connectivity index is 1.45. The van der Waals surface area contributed by atoms with E-state index in [4.69, 9.17) is 9.47 Å². The maximum atomic E-state index is 13.4. The number of amides is 2. The zero-order valence-corrected chi connectivity index (χ0v) is 20.5. The van der Waals surface area contributed by atoms with Crippen molar-refractivity contribution in [3.63, 3.8) is 0 Å². The first-order valence-corrected chi connectivity index (χ1v) is 11.8. The Morgan fingerprint density at radius 3 is 2.09 bits per heavy atom. The van der Waals surface area contributed by atoms with Crippen molar-refractivity contribution in [1.82, 2.24) is 10.2 Å². The van der Waals surface area contributed by atoms with Crippen molar-refractivity contribution in [2.45, 2.75) is 38.8 Å². The van der Waals surface area contributed by atoms with Crippen LogP contribution in [0.2, 0.25) is 0 Å². The Kier molecular flexibility index (Phi) is 6.85. The Morgan fingerprint density at radius 1 is 1.03 bits per heavy atom. The molecule has 1 aliphatic carbocycles. The standard InChI is InChI=1S/C27H32N2O6/c1-27(2,3)23(24(30)29-13-20(25(31)32)22(14-29)34-4)28-26(33)35-15-21-18-11-7-5-9-16(18)17-10-6-8-12-19(17)21/h5-12,20-23H,13-15H2,1-4H3,(H,28,33)(H,31,32)/t20?,22?,23-/m0/s1. The molecule has 186 valence electrons. The minimum atomic E-state index is -1.01. The second-order valence-electron chi connectivity index (χ2n) is 10.2. The van der Waals surface area contributed by atoms with Crippen molar-refractivity contribution >= 4 is 18.0 Å². The van der Waals surface area contributed by atoms with E-state index in [1.165, 1.54) is 12.0 Å². The third-order valence-corrected chi connectivity index (χ3v) is 6.92. The smallest absolute Gasteiger partial charge is 0.407 e. The third-order valence-electron chi connectivity index (χ3n) is 6.92. The van der Waals surface area contributed by atoms with E-state index in [-0.39, 0.29) is 31.5 Å². The van der Waals surface area contributed by atoms with Crippen LogP contribution in [0.15, 0.2) is 48.5 Å². The minimum Gasteiger partial charge on any atom is -0.481 e. The van der Waals surface area contributed by atoms with Crippen LogP contribution in [0.25, 0.3) is 11.1 Å². The largest absolute Gasteiger partial charge is 0.481 e. The highest BCUT2D eigenvalue weighted by Crippen LogP contribution is 2.44. The molecule has 4 rings (SSSR count). The van der Waals surface area contributed by atoms with Gasteiger partial charge >= 0.3 is 12.1 Å².